The van der Waals surface area contributed by atoms with Gasteiger partial charge in [-0.3, -0.25) is 4.79 Å². The number of aryl methyl sites for hydroxylation is 4. The van der Waals surface area contributed by atoms with Crippen LogP contribution in [0.25, 0.3) is 0 Å². The second kappa shape index (κ2) is 10.7. The molecule has 2 heteroatoms. The molecule has 4 aliphatic rings. The maximum Gasteiger partial charge on any atom is 0.230 e. The summed E-state index contributed by atoms with van der Waals surface area (Å²) in [4.78, 5) is 16.1. The van der Waals surface area contributed by atoms with E-state index in [-0.39, 0.29) is 11.8 Å². The molecule has 0 aliphatic heterocycles. The Kier molecular flexibility index (Phi) is 7.09. The maximum absolute atomic E-state index is 14.0. The van der Waals surface area contributed by atoms with Gasteiger partial charge in [0.1, 0.15) is 0 Å². The number of amides is 1. The van der Waals surface area contributed by atoms with Crippen molar-refractivity contribution in [3.05, 3.63) is 137 Å². The van der Waals surface area contributed by atoms with Crippen LogP contribution in [-0.4, -0.2) is 5.91 Å². The molecule has 1 amide bonds. The van der Waals surface area contributed by atoms with Gasteiger partial charge < -0.3 is 4.90 Å². The minimum atomic E-state index is -0.108. The van der Waals surface area contributed by atoms with Gasteiger partial charge >= 0.3 is 0 Å². The molecule has 2 nitrogen and oxygen atoms in total. The molecular formula is C33H33NO. The van der Waals surface area contributed by atoms with Crippen LogP contribution in [0.2, 0.25) is 0 Å². The fourth-order valence-electron chi connectivity index (χ4n) is 5.04. The Morgan fingerprint density at radius 3 is 1.89 bits per heavy atom. The van der Waals surface area contributed by atoms with Crippen molar-refractivity contribution in [1.82, 2.24) is 0 Å². The number of benzene rings is 4. The molecule has 35 heavy (non-hydrogen) atoms. The van der Waals surface area contributed by atoms with Gasteiger partial charge in [0, 0.05) is 11.6 Å². The summed E-state index contributed by atoms with van der Waals surface area (Å²) < 4.78 is 0. The molecule has 4 bridgehead atoms. The third kappa shape index (κ3) is 5.71. The van der Waals surface area contributed by atoms with E-state index in [1.54, 1.807) is 0 Å². The van der Waals surface area contributed by atoms with E-state index in [1.807, 2.05) is 24.3 Å². The van der Waals surface area contributed by atoms with Crippen molar-refractivity contribution in [3.8, 4) is 0 Å². The zero-order chi connectivity index (χ0) is 24.0. The third-order valence-corrected chi connectivity index (χ3v) is 7.10. The summed E-state index contributed by atoms with van der Waals surface area (Å²) in [5.74, 6) is 0.0786. The molecule has 176 valence electrons. The average Bonchev–Trinajstić information content (AvgIpc) is 2.89. The van der Waals surface area contributed by atoms with E-state index >= 15 is 0 Å². The molecule has 0 aromatic heterocycles. The van der Waals surface area contributed by atoms with Gasteiger partial charge in [-0.2, -0.15) is 0 Å². The van der Waals surface area contributed by atoms with E-state index < -0.39 is 0 Å². The summed E-state index contributed by atoms with van der Waals surface area (Å²) in [5, 5.41) is 0. The molecule has 0 radical (unpaired) electrons. The van der Waals surface area contributed by atoms with Gasteiger partial charge in [-0.25, -0.2) is 0 Å². The molecule has 4 aliphatic carbocycles. The van der Waals surface area contributed by atoms with Crippen molar-refractivity contribution in [2.75, 3.05) is 4.90 Å². The van der Waals surface area contributed by atoms with Crippen molar-refractivity contribution in [2.45, 2.75) is 45.6 Å². The number of carbonyl (C=O) groups is 1. The van der Waals surface area contributed by atoms with Crippen LogP contribution in [0.3, 0.4) is 0 Å². The summed E-state index contributed by atoms with van der Waals surface area (Å²) in [5.41, 5.74) is 8.68. The number of nitrogens with zero attached hydrogens (tertiary/aromatic N) is 1. The molecule has 1 atom stereocenters. The highest BCUT2D eigenvalue weighted by Crippen LogP contribution is 2.29. The molecule has 0 heterocycles. The van der Waals surface area contributed by atoms with Gasteiger partial charge in [0.2, 0.25) is 5.91 Å². The van der Waals surface area contributed by atoms with Crippen LogP contribution in [0.5, 0.6) is 0 Å². The molecule has 0 spiro atoms. The van der Waals surface area contributed by atoms with Crippen LogP contribution in [0, 0.1) is 5.92 Å². The molecule has 0 fully saturated rings. The molecule has 4 aromatic rings. The second-order valence-corrected chi connectivity index (χ2v) is 9.78. The summed E-state index contributed by atoms with van der Waals surface area (Å²) in [7, 11) is 0. The van der Waals surface area contributed by atoms with Gasteiger partial charge in [0.25, 0.3) is 0 Å². The van der Waals surface area contributed by atoms with Crippen molar-refractivity contribution >= 4 is 11.6 Å². The number of anilines is 1. The molecular weight excluding hydrogens is 426 g/mol. The van der Waals surface area contributed by atoms with Crippen LogP contribution in [0.4, 0.5) is 5.69 Å². The zero-order valence-electron chi connectivity index (χ0n) is 20.5. The average molecular weight is 460 g/mol. The highest BCUT2D eigenvalue weighted by atomic mass is 16.2. The lowest BCUT2D eigenvalue weighted by molar-refractivity contribution is -0.122. The van der Waals surface area contributed by atoms with E-state index in [4.69, 9.17) is 0 Å². The van der Waals surface area contributed by atoms with Crippen molar-refractivity contribution in [2.24, 2.45) is 5.92 Å². The largest absolute Gasteiger partial charge is 0.307 e. The summed E-state index contributed by atoms with van der Waals surface area (Å²) in [6.07, 6.45) is 4.61. The lowest BCUT2D eigenvalue weighted by atomic mass is 9.94. The molecule has 8 rings (SSSR count). The predicted octanol–water partition coefficient (Wildman–Crippen LogP) is 6.98. The topological polar surface area (TPSA) is 20.3 Å². The lowest BCUT2D eigenvalue weighted by Gasteiger charge is -2.29. The van der Waals surface area contributed by atoms with E-state index in [0.717, 1.165) is 43.4 Å². The number of rotatable bonds is 6. The van der Waals surface area contributed by atoms with E-state index in [0.29, 0.717) is 6.54 Å². The van der Waals surface area contributed by atoms with Gasteiger partial charge in [0.15, 0.2) is 0 Å². The zero-order valence-corrected chi connectivity index (χ0v) is 20.5. The highest BCUT2D eigenvalue weighted by Gasteiger charge is 2.25. The third-order valence-electron chi connectivity index (χ3n) is 7.10. The number of hydrogen-bond acceptors (Lipinski definition) is 1. The van der Waals surface area contributed by atoms with E-state index in [9.17, 15) is 4.79 Å². The Balaban J connectivity index is 1.50. The van der Waals surface area contributed by atoms with Gasteiger partial charge in [-0.05, 0) is 71.6 Å². The van der Waals surface area contributed by atoms with Crippen molar-refractivity contribution < 1.29 is 4.79 Å². The fraction of sp³-hybridized carbons (Fsp3) is 0.242. The van der Waals surface area contributed by atoms with Crippen LogP contribution in [0.1, 0.15) is 40.3 Å². The first-order valence-electron chi connectivity index (χ1n) is 12.7. The van der Waals surface area contributed by atoms with Crippen LogP contribution < -0.4 is 4.90 Å². The summed E-state index contributed by atoms with van der Waals surface area (Å²) in [6, 6.07) is 36.6. The molecule has 0 saturated heterocycles. The monoisotopic (exact) mass is 459 g/mol. The quantitative estimate of drug-likeness (QED) is 0.304. The van der Waals surface area contributed by atoms with E-state index in [1.165, 1.54) is 27.8 Å². The Bertz CT molecular complexity index is 1260. The standard InChI is InChI=1S/C33H33NO/c1-25(22-28-8-4-2-5-9-28)33(35)34(24-30-10-6-3-7-11-30)32-23-29-17-16-26-12-14-27(15-13-26)18-20-31(32)21-19-29/h2-15,19,21,23,25H,16-18,20,22,24H2,1H3. The maximum atomic E-state index is 14.0. The predicted molar refractivity (Wildman–Crippen MR) is 145 cm³/mol. The van der Waals surface area contributed by atoms with Gasteiger partial charge in [-0.15, -0.1) is 0 Å². The minimum Gasteiger partial charge on any atom is -0.307 e. The van der Waals surface area contributed by atoms with Gasteiger partial charge in [-0.1, -0.05) is 104 Å². The Morgan fingerprint density at radius 2 is 1.23 bits per heavy atom. The van der Waals surface area contributed by atoms with Crippen LogP contribution >= 0.6 is 0 Å². The normalized spacial score (nSPS) is 13.6. The molecule has 0 N–H and O–H groups in total. The highest BCUT2D eigenvalue weighted by molar-refractivity contribution is 5.95. The summed E-state index contributed by atoms with van der Waals surface area (Å²) >= 11 is 0. The minimum absolute atomic E-state index is 0.108. The first-order valence-corrected chi connectivity index (χ1v) is 12.7. The van der Waals surface area contributed by atoms with Gasteiger partial charge in [0.05, 0.1) is 6.54 Å². The first-order chi connectivity index (χ1) is 17.2. The molecule has 0 saturated carbocycles. The Labute approximate surface area is 209 Å². The lowest BCUT2D eigenvalue weighted by Crippen LogP contribution is -2.36. The molecule has 4 aromatic carbocycles. The second-order valence-electron chi connectivity index (χ2n) is 9.78. The number of hydrogen-bond donors (Lipinski definition) is 0. The first kappa shape index (κ1) is 23.1. The summed E-state index contributed by atoms with van der Waals surface area (Å²) in [6.45, 7) is 2.65. The van der Waals surface area contributed by atoms with Crippen molar-refractivity contribution in [1.29, 1.82) is 0 Å². The molecule has 1 unspecified atom stereocenters. The van der Waals surface area contributed by atoms with Crippen LogP contribution in [0.15, 0.2) is 103 Å². The van der Waals surface area contributed by atoms with E-state index in [2.05, 4.69) is 90.7 Å². The Morgan fingerprint density at radius 1 is 0.686 bits per heavy atom. The number of carbonyl (C=O) groups excluding carboxylic acids is 1. The smallest absolute Gasteiger partial charge is 0.230 e. The van der Waals surface area contributed by atoms with Crippen molar-refractivity contribution in [3.63, 3.8) is 0 Å². The SMILES string of the molecule is CC(Cc1ccccc1)C(=O)N(Cc1ccccc1)c1cc2ccc1CCc1ccc(cc1)CC2. The fourth-order valence-corrected chi connectivity index (χ4v) is 5.04. The van der Waals surface area contributed by atoms with Crippen LogP contribution in [-0.2, 0) is 43.4 Å². The Hall–Kier alpha value is -3.65.